The number of nitrogens with one attached hydrogen (secondary N) is 1. The number of carbonyl (C=O) groups is 1. The smallest absolute Gasteiger partial charge is 0.220 e. The van der Waals surface area contributed by atoms with Crippen molar-refractivity contribution in [1.29, 1.82) is 0 Å². The number of amides is 1. The zero-order valence-corrected chi connectivity index (χ0v) is 17.3. The molecule has 7 nitrogen and oxygen atoms in total. The van der Waals surface area contributed by atoms with E-state index in [9.17, 15) is 13.2 Å². The van der Waals surface area contributed by atoms with Crippen molar-refractivity contribution in [3.63, 3.8) is 0 Å². The van der Waals surface area contributed by atoms with Gasteiger partial charge in [-0.3, -0.25) is 4.79 Å². The van der Waals surface area contributed by atoms with Crippen LogP contribution in [0.1, 0.15) is 43.9 Å². The number of fused-ring (bicyclic) bond motifs is 1. The molecule has 1 aromatic carbocycles. The third-order valence-corrected chi connectivity index (χ3v) is 7.15. The van der Waals surface area contributed by atoms with E-state index < -0.39 is 10.0 Å². The van der Waals surface area contributed by atoms with Crippen LogP contribution in [0.3, 0.4) is 0 Å². The lowest BCUT2D eigenvalue weighted by Gasteiger charge is -2.37. The van der Waals surface area contributed by atoms with E-state index in [0.717, 1.165) is 42.7 Å². The molecule has 2 aliphatic rings. The number of benzene rings is 1. The van der Waals surface area contributed by atoms with E-state index in [1.165, 1.54) is 10.6 Å². The summed E-state index contributed by atoms with van der Waals surface area (Å²) in [7, 11) is -3.13. The van der Waals surface area contributed by atoms with Crippen molar-refractivity contribution in [3.05, 3.63) is 29.1 Å². The molecule has 4 rings (SSSR count). The van der Waals surface area contributed by atoms with Crippen LogP contribution in [-0.2, 0) is 14.8 Å². The number of sulfonamides is 1. The Hall–Kier alpha value is -1.64. The van der Waals surface area contributed by atoms with Gasteiger partial charge in [-0.1, -0.05) is 11.6 Å². The maximum atomic E-state index is 12.2. The van der Waals surface area contributed by atoms with Gasteiger partial charge >= 0.3 is 0 Å². The highest BCUT2D eigenvalue weighted by atomic mass is 35.5. The molecule has 2 heterocycles. The van der Waals surface area contributed by atoms with Gasteiger partial charge in [0.15, 0.2) is 11.5 Å². The summed E-state index contributed by atoms with van der Waals surface area (Å²) in [5.74, 6) is 1.14. The molecule has 1 saturated heterocycles. The summed E-state index contributed by atoms with van der Waals surface area (Å²) in [6, 6.07) is 5.60. The first kappa shape index (κ1) is 19.7. The molecule has 2 fully saturated rings. The summed E-state index contributed by atoms with van der Waals surface area (Å²) in [5.41, 5.74) is 1.53. The molecule has 1 amide bonds. The van der Waals surface area contributed by atoms with Crippen LogP contribution in [0.15, 0.2) is 22.6 Å². The summed E-state index contributed by atoms with van der Waals surface area (Å²) in [4.78, 5) is 16.8. The summed E-state index contributed by atoms with van der Waals surface area (Å²) >= 11 is 6.01. The molecule has 9 heteroatoms. The summed E-state index contributed by atoms with van der Waals surface area (Å²) in [5, 5.41) is 3.75. The van der Waals surface area contributed by atoms with Gasteiger partial charge in [-0.05, 0) is 49.8 Å². The van der Waals surface area contributed by atoms with Crippen LogP contribution in [0.5, 0.6) is 0 Å². The second-order valence-corrected chi connectivity index (χ2v) is 10.3. The second-order valence-electron chi connectivity index (χ2n) is 7.93. The first-order valence-electron chi connectivity index (χ1n) is 9.58. The molecule has 152 valence electrons. The predicted molar refractivity (Wildman–Crippen MR) is 107 cm³/mol. The molecule has 0 radical (unpaired) electrons. The topological polar surface area (TPSA) is 92.5 Å². The van der Waals surface area contributed by atoms with Crippen molar-refractivity contribution in [2.75, 3.05) is 19.3 Å². The highest BCUT2D eigenvalue weighted by Crippen LogP contribution is 2.34. The average molecular weight is 426 g/mol. The fourth-order valence-electron chi connectivity index (χ4n) is 4.05. The number of carbonyl (C=O) groups excluding carboxylic acids is 1. The SMILES string of the molecule is CS(=O)(=O)N1CC(CC(=O)NC2CCC(c3nc4cc(Cl)ccc4o3)CC2)C1. The van der Waals surface area contributed by atoms with Crippen LogP contribution in [-0.4, -0.2) is 49.0 Å². The van der Waals surface area contributed by atoms with Crippen LogP contribution in [0.25, 0.3) is 11.1 Å². The molecule has 1 saturated carbocycles. The minimum absolute atomic E-state index is 0.0121. The van der Waals surface area contributed by atoms with Crippen LogP contribution in [0.2, 0.25) is 5.02 Å². The van der Waals surface area contributed by atoms with Gasteiger partial charge in [0.05, 0.1) is 6.26 Å². The lowest BCUT2D eigenvalue weighted by Crippen LogP contribution is -2.51. The minimum Gasteiger partial charge on any atom is -0.440 e. The Morgan fingerprint density at radius 3 is 2.68 bits per heavy atom. The quantitative estimate of drug-likeness (QED) is 0.795. The van der Waals surface area contributed by atoms with Gasteiger partial charge in [-0.25, -0.2) is 17.7 Å². The Morgan fingerprint density at radius 1 is 1.29 bits per heavy atom. The van der Waals surface area contributed by atoms with Crippen molar-refractivity contribution in [1.82, 2.24) is 14.6 Å². The lowest BCUT2D eigenvalue weighted by atomic mass is 9.85. The van der Waals surface area contributed by atoms with Gasteiger partial charge < -0.3 is 9.73 Å². The second kappa shape index (κ2) is 7.65. The normalized spacial score (nSPS) is 24.2. The van der Waals surface area contributed by atoms with E-state index >= 15 is 0 Å². The number of aromatic nitrogens is 1. The van der Waals surface area contributed by atoms with E-state index in [2.05, 4.69) is 10.3 Å². The Labute approximate surface area is 169 Å². The highest BCUT2D eigenvalue weighted by molar-refractivity contribution is 7.88. The monoisotopic (exact) mass is 425 g/mol. The number of hydrogen-bond donors (Lipinski definition) is 1. The molecule has 0 spiro atoms. The minimum atomic E-state index is -3.13. The van der Waals surface area contributed by atoms with Crippen molar-refractivity contribution >= 4 is 38.6 Å². The first-order valence-corrected chi connectivity index (χ1v) is 11.8. The molecule has 0 atom stereocenters. The van der Waals surface area contributed by atoms with Gasteiger partial charge in [0.25, 0.3) is 0 Å². The largest absolute Gasteiger partial charge is 0.440 e. The molecule has 0 bridgehead atoms. The summed E-state index contributed by atoms with van der Waals surface area (Å²) in [6.07, 6.45) is 5.19. The highest BCUT2D eigenvalue weighted by Gasteiger charge is 2.35. The molecule has 1 aliphatic heterocycles. The Kier molecular flexibility index (Phi) is 5.37. The number of rotatable bonds is 5. The lowest BCUT2D eigenvalue weighted by molar-refractivity contribution is -0.123. The van der Waals surface area contributed by atoms with Crippen LogP contribution in [0.4, 0.5) is 0 Å². The third kappa shape index (κ3) is 4.34. The Morgan fingerprint density at radius 2 is 2.00 bits per heavy atom. The van der Waals surface area contributed by atoms with Crippen molar-refractivity contribution in [2.45, 2.75) is 44.1 Å². The first-order chi connectivity index (χ1) is 13.3. The van der Waals surface area contributed by atoms with Crippen LogP contribution >= 0.6 is 11.6 Å². The number of nitrogens with zero attached hydrogens (tertiary/aromatic N) is 2. The van der Waals surface area contributed by atoms with Gasteiger partial charge in [0.1, 0.15) is 5.52 Å². The summed E-state index contributed by atoms with van der Waals surface area (Å²) < 4.78 is 30.1. The molecule has 1 N–H and O–H groups in total. The van der Waals surface area contributed by atoms with E-state index in [4.69, 9.17) is 16.0 Å². The molecule has 28 heavy (non-hydrogen) atoms. The maximum absolute atomic E-state index is 12.2. The van der Waals surface area contributed by atoms with E-state index in [1.807, 2.05) is 6.07 Å². The molecule has 0 unspecified atom stereocenters. The molecule has 2 aromatic rings. The van der Waals surface area contributed by atoms with Gasteiger partial charge in [-0.15, -0.1) is 0 Å². The standard InChI is InChI=1S/C19H24ClN3O4S/c1-28(25,26)23-10-12(11-23)8-18(24)21-15-5-2-13(3-6-15)19-22-16-9-14(20)4-7-17(16)27-19/h4,7,9,12-13,15H,2-3,5-6,8,10-11H2,1H3,(H,21,24). The number of hydrogen-bond acceptors (Lipinski definition) is 5. The van der Waals surface area contributed by atoms with Crippen molar-refractivity contribution < 1.29 is 17.6 Å². The van der Waals surface area contributed by atoms with Crippen molar-refractivity contribution in [3.8, 4) is 0 Å². The van der Waals surface area contributed by atoms with E-state index in [1.54, 1.807) is 12.1 Å². The third-order valence-electron chi connectivity index (χ3n) is 5.67. The number of oxazole rings is 1. The van der Waals surface area contributed by atoms with Crippen LogP contribution in [0, 0.1) is 5.92 Å². The molecular weight excluding hydrogens is 402 g/mol. The van der Waals surface area contributed by atoms with Crippen molar-refractivity contribution in [2.24, 2.45) is 5.92 Å². The predicted octanol–water partition coefficient (Wildman–Crippen LogP) is 2.91. The van der Waals surface area contributed by atoms with Gasteiger partial charge in [0.2, 0.25) is 15.9 Å². The maximum Gasteiger partial charge on any atom is 0.220 e. The fourth-order valence-corrected chi connectivity index (χ4v) is 5.18. The van der Waals surface area contributed by atoms with E-state index in [-0.39, 0.29) is 23.8 Å². The zero-order valence-electron chi connectivity index (χ0n) is 15.7. The van der Waals surface area contributed by atoms with Crippen LogP contribution < -0.4 is 5.32 Å². The Bertz CT molecular complexity index is 976. The van der Waals surface area contributed by atoms with Gasteiger partial charge in [0, 0.05) is 36.5 Å². The number of halogens is 1. The zero-order chi connectivity index (χ0) is 19.9. The molecule has 1 aliphatic carbocycles. The molecule has 1 aromatic heterocycles. The average Bonchev–Trinajstić information content (AvgIpc) is 3.00. The van der Waals surface area contributed by atoms with Gasteiger partial charge in [-0.2, -0.15) is 0 Å². The molecular formula is C19H24ClN3O4S. The fraction of sp³-hybridized carbons (Fsp3) is 0.579. The summed E-state index contributed by atoms with van der Waals surface area (Å²) in [6.45, 7) is 0.890. The Balaban J connectivity index is 1.24. The van der Waals surface area contributed by atoms with E-state index in [0.29, 0.717) is 24.5 Å².